The number of aliphatic hydroxyl groups is 2. The Bertz CT molecular complexity index is 2810. The van der Waals surface area contributed by atoms with E-state index in [9.17, 15) is 53.1 Å². The highest BCUT2D eigenvalue weighted by Gasteiger charge is 2.54. The lowest BCUT2D eigenvalue weighted by atomic mass is 10.1. The monoisotopic (exact) mass is 1070 g/mol. The van der Waals surface area contributed by atoms with Crippen LogP contribution >= 0.6 is 15.6 Å². The maximum atomic E-state index is 13.5. The van der Waals surface area contributed by atoms with Gasteiger partial charge in [-0.05, 0) is 0 Å². The number of nitrogens with one attached hydrogen (secondary N) is 3. The van der Waals surface area contributed by atoms with Gasteiger partial charge in [-0.2, -0.15) is 4.98 Å². The standard InChI is InChI=1S/C38H50N12O21P2/c39-38-46-34-27(35(57)47-38)44-19-50(34)36-29(56)30-21(69-36)16-67-73(60,61)71-31-28(55)20(15-66-72(58,59)70-30)68-37(31)49-18-43-26-32(41-17-42-33(26)49)45-23(52)4-7-62-9-11-64-13-14-65-12-10-63-8-5-40-22(51)3-6-48-24(53)1-2-25(48)54/h1-2,17-21,28-31,36-37,55-56H,3-16H2,(H,40,51)(H,58,59)(H,60,61)(H3,39,46,47,57)(H,41,42,45,52)/t20-,21-,28?,29+,30?,31+,36-,37-/m1/s1. The fourth-order valence-electron chi connectivity index (χ4n) is 7.71. The van der Waals surface area contributed by atoms with Crippen molar-refractivity contribution in [1.82, 2.24) is 49.3 Å². The molecule has 0 radical (unpaired) electrons. The zero-order chi connectivity index (χ0) is 51.9. The van der Waals surface area contributed by atoms with Crippen molar-refractivity contribution >= 4 is 73.4 Å². The summed E-state index contributed by atoms with van der Waals surface area (Å²) < 4.78 is 83.9. The molecule has 4 aliphatic rings. The van der Waals surface area contributed by atoms with Crippen LogP contribution in [0.15, 0.2) is 35.9 Å². The van der Waals surface area contributed by atoms with Crippen LogP contribution in [0.5, 0.6) is 0 Å². The van der Waals surface area contributed by atoms with E-state index in [2.05, 4.69) is 40.5 Å². The van der Waals surface area contributed by atoms with Gasteiger partial charge in [0.1, 0.15) is 43.0 Å². The summed E-state index contributed by atoms with van der Waals surface area (Å²) in [6, 6.07) is 0. The van der Waals surface area contributed by atoms with Crippen LogP contribution in [0.2, 0.25) is 0 Å². The number of carbonyl (C=O) groups excluding carboxylic acids is 4. The third kappa shape index (κ3) is 13.2. The van der Waals surface area contributed by atoms with Gasteiger partial charge in [0, 0.05) is 31.7 Å². The van der Waals surface area contributed by atoms with Crippen molar-refractivity contribution in [1.29, 1.82) is 0 Å². The van der Waals surface area contributed by atoms with Crippen LogP contribution in [0.4, 0.5) is 11.8 Å². The van der Waals surface area contributed by atoms with E-state index < -0.39 is 101 Å². The Hall–Kier alpha value is -5.58. The third-order valence-corrected chi connectivity index (χ3v) is 13.1. The number of imidazole rings is 2. The Balaban J connectivity index is 0.768. The third-order valence-electron chi connectivity index (χ3n) is 11.2. The lowest BCUT2D eigenvalue weighted by Crippen LogP contribution is -2.36. The minimum Gasteiger partial charge on any atom is -0.387 e. The lowest BCUT2D eigenvalue weighted by molar-refractivity contribution is -0.137. The summed E-state index contributed by atoms with van der Waals surface area (Å²) in [5, 5.41) is 27.9. The van der Waals surface area contributed by atoms with Crippen molar-refractivity contribution in [2.75, 3.05) is 90.2 Å². The number of aliphatic hydroxyl groups excluding tert-OH is 2. The molecule has 8 rings (SSSR count). The first-order valence-corrected chi connectivity index (χ1v) is 25.3. The van der Waals surface area contributed by atoms with Crippen molar-refractivity contribution in [2.24, 2.45) is 0 Å². The number of hydrogen-bond acceptors (Lipinski definition) is 25. The molecule has 0 aliphatic carbocycles. The average Bonchev–Trinajstić information content (AvgIpc) is 4.17. The molecule has 4 amide bonds. The van der Waals surface area contributed by atoms with Gasteiger partial charge in [0.2, 0.25) is 17.8 Å². The molecule has 3 fully saturated rings. The molecule has 2 bridgehead atoms. The molecule has 4 unspecified atom stereocenters. The molecule has 3 saturated heterocycles. The minimum atomic E-state index is -5.23. The van der Waals surface area contributed by atoms with E-state index in [0.717, 1.165) is 40.6 Å². The number of anilines is 2. The van der Waals surface area contributed by atoms with Crippen molar-refractivity contribution < 1.29 is 94.8 Å². The summed E-state index contributed by atoms with van der Waals surface area (Å²) in [5.41, 5.74) is 4.66. The van der Waals surface area contributed by atoms with Crippen molar-refractivity contribution in [3.8, 4) is 0 Å². The van der Waals surface area contributed by atoms with Gasteiger partial charge < -0.3 is 64.8 Å². The first-order valence-electron chi connectivity index (χ1n) is 22.3. The number of aromatic nitrogens is 8. The number of nitrogens with two attached hydrogens (primary N) is 1. The van der Waals surface area contributed by atoms with Crippen LogP contribution < -0.4 is 21.9 Å². The molecule has 9 N–H and O–H groups in total. The highest BCUT2D eigenvalue weighted by Crippen LogP contribution is 2.53. The van der Waals surface area contributed by atoms with Gasteiger partial charge in [-0.25, -0.2) is 29.1 Å². The number of H-pyrrole nitrogens is 1. The number of imide groups is 1. The normalized spacial score (nSPS) is 28.6. The minimum absolute atomic E-state index is 0.000714. The number of hydrogen-bond donors (Lipinski definition) is 8. The van der Waals surface area contributed by atoms with Crippen molar-refractivity contribution in [2.45, 2.75) is 61.9 Å². The first kappa shape index (κ1) is 53.7. The Morgan fingerprint density at radius 1 is 0.726 bits per heavy atom. The van der Waals surface area contributed by atoms with E-state index in [4.69, 9.17) is 52.2 Å². The van der Waals surface area contributed by atoms with E-state index >= 15 is 0 Å². The van der Waals surface area contributed by atoms with E-state index in [1.165, 1.54) is 4.57 Å². The zero-order valence-electron chi connectivity index (χ0n) is 38.2. The molecule has 0 aromatic carbocycles. The van der Waals surface area contributed by atoms with E-state index in [0.29, 0.717) is 0 Å². The zero-order valence-corrected chi connectivity index (χ0v) is 40.0. The highest BCUT2D eigenvalue weighted by molar-refractivity contribution is 7.47. The molecule has 73 heavy (non-hydrogen) atoms. The quantitative estimate of drug-likeness (QED) is 0.0233. The predicted octanol–water partition coefficient (Wildman–Crippen LogP) is -3.10. The number of phosphoric acid groups is 2. The maximum Gasteiger partial charge on any atom is 0.472 e. The number of fused-ring (bicyclic) bond motifs is 5. The van der Waals surface area contributed by atoms with Gasteiger partial charge in [-0.3, -0.25) is 61.1 Å². The fraction of sp³-hybridized carbons (Fsp3) is 0.579. The molecule has 398 valence electrons. The Morgan fingerprint density at radius 2 is 1.32 bits per heavy atom. The average molecular weight is 1070 g/mol. The number of nitrogen functional groups attached to an aromatic ring is 1. The number of carbonyl (C=O) groups is 4. The smallest absolute Gasteiger partial charge is 0.387 e. The van der Waals surface area contributed by atoms with Crippen molar-refractivity contribution in [3.63, 3.8) is 0 Å². The van der Waals surface area contributed by atoms with E-state index in [1.807, 2.05) is 0 Å². The van der Waals surface area contributed by atoms with Crippen LogP contribution in [0, 0.1) is 0 Å². The van der Waals surface area contributed by atoms with Crippen LogP contribution in [0.25, 0.3) is 22.3 Å². The second-order valence-corrected chi connectivity index (χ2v) is 18.9. The van der Waals surface area contributed by atoms with Crippen LogP contribution in [0.1, 0.15) is 25.3 Å². The number of phosphoric ester groups is 2. The number of rotatable bonds is 21. The van der Waals surface area contributed by atoms with E-state index in [-0.39, 0.29) is 119 Å². The molecule has 4 aliphatic heterocycles. The molecule has 35 heteroatoms. The van der Waals surface area contributed by atoms with Gasteiger partial charge in [-0.1, -0.05) is 0 Å². The summed E-state index contributed by atoms with van der Waals surface area (Å²) in [4.78, 5) is 106. The largest absolute Gasteiger partial charge is 0.472 e. The Kier molecular flexibility index (Phi) is 17.5. The van der Waals surface area contributed by atoms with Gasteiger partial charge in [-0.15, -0.1) is 0 Å². The van der Waals surface area contributed by atoms with E-state index in [1.54, 1.807) is 0 Å². The van der Waals surface area contributed by atoms with Gasteiger partial charge in [0.15, 0.2) is 40.6 Å². The summed E-state index contributed by atoms with van der Waals surface area (Å²) >= 11 is 0. The van der Waals surface area contributed by atoms with Gasteiger partial charge in [0.05, 0.1) is 85.1 Å². The molecule has 0 saturated carbocycles. The topological polar surface area (TPSA) is 436 Å². The fourth-order valence-corrected chi connectivity index (χ4v) is 9.60. The van der Waals surface area contributed by atoms with Crippen LogP contribution in [0.3, 0.4) is 0 Å². The molecule has 33 nitrogen and oxygen atoms in total. The molecule has 8 heterocycles. The second kappa shape index (κ2) is 23.7. The van der Waals surface area contributed by atoms with Gasteiger partial charge in [0.25, 0.3) is 17.4 Å². The summed E-state index contributed by atoms with van der Waals surface area (Å²) in [5.74, 6) is -2.05. The Labute approximate surface area is 410 Å². The molecule has 4 aromatic rings. The first-order chi connectivity index (χ1) is 35.0. The summed E-state index contributed by atoms with van der Waals surface area (Å²) in [7, 11) is -10.4. The summed E-state index contributed by atoms with van der Waals surface area (Å²) in [6.45, 7) is 0.207. The Morgan fingerprint density at radius 3 is 2.00 bits per heavy atom. The highest BCUT2D eigenvalue weighted by atomic mass is 31.2. The number of aromatic amines is 1. The van der Waals surface area contributed by atoms with Gasteiger partial charge >= 0.3 is 15.6 Å². The lowest BCUT2D eigenvalue weighted by Gasteiger charge is -2.25. The number of ether oxygens (including phenoxy) is 6. The molecule has 4 aromatic heterocycles. The molecule has 10 atom stereocenters. The van der Waals surface area contributed by atoms with Crippen molar-refractivity contribution in [3.05, 3.63) is 41.5 Å². The number of amides is 4. The maximum absolute atomic E-state index is 13.5. The van der Waals surface area contributed by atoms with Crippen LogP contribution in [-0.2, 0) is 74.8 Å². The summed E-state index contributed by atoms with van der Waals surface area (Å²) in [6.07, 6.45) is -7.87. The number of nitrogens with zero attached hydrogens (tertiary/aromatic N) is 8. The second-order valence-electron chi connectivity index (χ2n) is 16.1. The molecular weight excluding hydrogens is 1020 g/mol. The predicted molar refractivity (Wildman–Crippen MR) is 239 cm³/mol. The van der Waals surface area contributed by atoms with Crippen LogP contribution in [-0.4, -0.2) is 203 Å². The SMILES string of the molecule is Nc1nc2c(ncn2[C@@H]2O[C@@H]3COP(=O)(O)O[C@H]4C(O)[C@@H](COP(=O)(O)OC3[C@@H]2O)O[C@H]4n2cnc3c(NC(=O)CCOCCOCCOCCOCCNC(=O)CCN4C(=O)C=CC4=O)ncnc32)c(=O)[nH]1. The molecule has 0 spiro atoms. The molecular formula is C38H50N12O21P2.